The summed E-state index contributed by atoms with van der Waals surface area (Å²) in [7, 11) is 5.17. The van der Waals surface area contributed by atoms with Gasteiger partial charge >= 0.3 is 5.97 Å². The molecule has 0 fully saturated rings. The summed E-state index contributed by atoms with van der Waals surface area (Å²) < 4.78 is 0. The van der Waals surface area contributed by atoms with Crippen LogP contribution in [-0.4, -0.2) is 54.6 Å². The molecule has 110 valence electrons. The highest BCUT2D eigenvalue weighted by Gasteiger charge is 2.13. The van der Waals surface area contributed by atoms with Gasteiger partial charge in [-0.15, -0.1) is 0 Å². The molecular weight excluding hydrogens is 270 g/mol. The number of aromatic carboxylic acids is 1. The maximum atomic E-state index is 11.7. The molecule has 0 radical (unpaired) electrons. The molecule has 1 amide bonds. The van der Waals surface area contributed by atoms with E-state index in [9.17, 15) is 9.59 Å². The lowest BCUT2D eigenvalue weighted by Crippen LogP contribution is -2.34. The van der Waals surface area contributed by atoms with Crippen molar-refractivity contribution in [1.29, 1.82) is 0 Å². The van der Waals surface area contributed by atoms with Gasteiger partial charge in [0.05, 0.1) is 17.6 Å². The summed E-state index contributed by atoms with van der Waals surface area (Å²) in [5.41, 5.74) is 0.815. The van der Waals surface area contributed by atoms with Crippen molar-refractivity contribution in [3.8, 4) is 0 Å². The van der Waals surface area contributed by atoms with E-state index in [1.165, 1.54) is 4.90 Å². The van der Waals surface area contributed by atoms with Crippen LogP contribution >= 0.6 is 0 Å². The van der Waals surface area contributed by atoms with Gasteiger partial charge in [0.25, 0.3) is 0 Å². The molecule has 6 nitrogen and oxygen atoms in total. The molecule has 0 aliphatic heterocycles. The van der Waals surface area contributed by atoms with E-state index in [0.717, 1.165) is 0 Å². The Kier molecular flexibility index (Phi) is 4.07. The number of hydrogen-bond acceptors (Lipinski definition) is 4. The molecule has 0 bridgehead atoms. The Labute approximate surface area is 122 Å². The second-order valence-corrected chi connectivity index (χ2v) is 4.99. The van der Waals surface area contributed by atoms with E-state index in [0.29, 0.717) is 16.7 Å². The van der Waals surface area contributed by atoms with E-state index < -0.39 is 5.97 Å². The van der Waals surface area contributed by atoms with Gasteiger partial charge < -0.3 is 14.9 Å². The number of fused-ring (bicyclic) bond motifs is 1. The molecule has 1 heterocycles. The number of likely N-dealkylation sites (N-methyl/N-ethyl adjacent to an activating group) is 2. The number of nitrogens with zero attached hydrogens (tertiary/aromatic N) is 3. The second-order valence-electron chi connectivity index (χ2n) is 4.99. The third-order valence-corrected chi connectivity index (χ3v) is 3.21. The molecule has 0 aliphatic carbocycles. The fourth-order valence-corrected chi connectivity index (χ4v) is 1.97. The molecule has 0 aliphatic rings. The van der Waals surface area contributed by atoms with E-state index in [1.54, 1.807) is 56.4 Å². The fraction of sp³-hybridized carbons (Fsp3) is 0.267. The number of carbonyl (C=O) groups is 2. The molecule has 1 aromatic heterocycles. The number of rotatable bonds is 4. The highest BCUT2D eigenvalue weighted by molar-refractivity contribution is 6.02. The Hall–Kier alpha value is -2.63. The van der Waals surface area contributed by atoms with Crippen LogP contribution in [0.1, 0.15) is 10.4 Å². The van der Waals surface area contributed by atoms with Gasteiger partial charge in [-0.3, -0.25) is 4.79 Å². The first-order chi connectivity index (χ1) is 9.90. The van der Waals surface area contributed by atoms with E-state index >= 15 is 0 Å². The Bertz CT molecular complexity index is 698. The third-order valence-electron chi connectivity index (χ3n) is 3.21. The van der Waals surface area contributed by atoms with Crippen LogP contribution in [0.25, 0.3) is 10.9 Å². The first kappa shape index (κ1) is 14.8. The van der Waals surface area contributed by atoms with Crippen molar-refractivity contribution in [3.05, 3.63) is 35.9 Å². The maximum absolute atomic E-state index is 11.7. The average Bonchev–Trinajstić information content (AvgIpc) is 2.45. The van der Waals surface area contributed by atoms with Crippen molar-refractivity contribution in [3.63, 3.8) is 0 Å². The van der Waals surface area contributed by atoms with Crippen LogP contribution in [-0.2, 0) is 4.79 Å². The van der Waals surface area contributed by atoms with Gasteiger partial charge in [-0.05, 0) is 24.3 Å². The second kappa shape index (κ2) is 5.78. The smallest absolute Gasteiger partial charge is 0.336 e. The lowest BCUT2D eigenvalue weighted by molar-refractivity contribution is -0.127. The van der Waals surface area contributed by atoms with E-state index in [-0.39, 0.29) is 18.0 Å². The fourth-order valence-electron chi connectivity index (χ4n) is 1.97. The minimum Gasteiger partial charge on any atom is -0.478 e. The van der Waals surface area contributed by atoms with Crippen molar-refractivity contribution in [1.82, 2.24) is 9.88 Å². The number of carboxylic acid groups (broad SMARTS) is 1. The molecule has 6 heteroatoms. The molecule has 0 atom stereocenters. The number of benzene rings is 1. The molecule has 0 saturated heterocycles. The number of anilines is 1. The number of amides is 1. The molecule has 2 rings (SSSR count). The van der Waals surface area contributed by atoms with Crippen LogP contribution in [0, 0.1) is 0 Å². The van der Waals surface area contributed by atoms with Crippen LogP contribution < -0.4 is 4.90 Å². The predicted molar refractivity (Wildman–Crippen MR) is 80.7 cm³/mol. The van der Waals surface area contributed by atoms with Gasteiger partial charge in [-0.2, -0.15) is 0 Å². The van der Waals surface area contributed by atoms with E-state index in [1.807, 2.05) is 0 Å². The van der Waals surface area contributed by atoms with Crippen LogP contribution in [0.3, 0.4) is 0 Å². The zero-order valence-electron chi connectivity index (χ0n) is 12.2. The minimum absolute atomic E-state index is 0.0290. The standard InChI is InChI=1S/C15H17N3O3/c1-17(2)14(19)9-18(3)13-8-7-10-11(15(20)21)5-4-6-12(10)16-13/h4-8H,9H2,1-3H3,(H,20,21). The molecule has 21 heavy (non-hydrogen) atoms. The summed E-state index contributed by atoms with van der Waals surface area (Å²) >= 11 is 0. The van der Waals surface area contributed by atoms with Crippen LogP contribution in [0.15, 0.2) is 30.3 Å². The zero-order valence-corrected chi connectivity index (χ0v) is 12.2. The van der Waals surface area contributed by atoms with Crippen molar-refractivity contribution in [2.75, 3.05) is 32.6 Å². The molecule has 2 aromatic rings. The quantitative estimate of drug-likeness (QED) is 0.921. The van der Waals surface area contributed by atoms with E-state index in [4.69, 9.17) is 5.11 Å². The first-order valence-electron chi connectivity index (χ1n) is 6.44. The van der Waals surface area contributed by atoms with Gasteiger partial charge in [0, 0.05) is 26.5 Å². The number of hydrogen-bond donors (Lipinski definition) is 1. The average molecular weight is 287 g/mol. The lowest BCUT2D eigenvalue weighted by atomic mass is 10.1. The normalized spacial score (nSPS) is 10.4. The summed E-state index contributed by atoms with van der Waals surface area (Å²) in [6.07, 6.45) is 0. The topological polar surface area (TPSA) is 73.7 Å². The Balaban J connectivity index is 2.35. The number of aromatic nitrogens is 1. The van der Waals surface area contributed by atoms with Gasteiger partial charge in [0.2, 0.25) is 5.91 Å². The highest BCUT2D eigenvalue weighted by atomic mass is 16.4. The zero-order chi connectivity index (χ0) is 15.6. The van der Waals surface area contributed by atoms with Gasteiger partial charge in [-0.25, -0.2) is 9.78 Å². The summed E-state index contributed by atoms with van der Waals surface area (Å²) in [5, 5.41) is 9.74. The number of pyridine rings is 1. The summed E-state index contributed by atoms with van der Waals surface area (Å²) in [6.45, 7) is 0.212. The Morgan fingerprint density at radius 2 is 1.86 bits per heavy atom. The molecular formula is C15H17N3O3. The monoisotopic (exact) mass is 287 g/mol. The summed E-state index contributed by atoms with van der Waals surface area (Å²) in [5.74, 6) is -0.384. The van der Waals surface area contributed by atoms with Gasteiger partial charge in [-0.1, -0.05) is 6.07 Å². The van der Waals surface area contributed by atoms with Crippen LogP contribution in [0.5, 0.6) is 0 Å². The number of carbonyl (C=O) groups excluding carboxylic acids is 1. The molecule has 0 spiro atoms. The Morgan fingerprint density at radius 1 is 1.14 bits per heavy atom. The van der Waals surface area contributed by atoms with Crippen molar-refractivity contribution in [2.45, 2.75) is 0 Å². The van der Waals surface area contributed by atoms with Crippen LogP contribution in [0.4, 0.5) is 5.82 Å². The molecule has 1 N–H and O–H groups in total. The lowest BCUT2D eigenvalue weighted by Gasteiger charge is -2.20. The first-order valence-corrected chi connectivity index (χ1v) is 6.44. The minimum atomic E-state index is -0.980. The van der Waals surface area contributed by atoms with Gasteiger partial charge in [0.15, 0.2) is 0 Å². The van der Waals surface area contributed by atoms with Crippen molar-refractivity contribution < 1.29 is 14.7 Å². The maximum Gasteiger partial charge on any atom is 0.336 e. The SMILES string of the molecule is CN(C)C(=O)CN(C)c1ccc2c(C(=O)O)cccc2n1. The summed E-state index contributed by atoms with van der Waals surface area (Å²) in [6, 6.07) is 8.40. The number of carboxylic acids is 1. The highest BCUT2D eigenvalue weighted by Crippen LogP contribution is 2.21. The molecule has 0 unspecified atom stereocenters. The summed E-state index contributed by atoms with van der Waals surface area (Å²) in [4.78, 5) is 30.5. The van der Waals surface area contributed by atoms with Crippen molar-refractivity contribution in [2.24, 2.45) is 0 Å². The van der Waals surface area contributed by atoms with Gasteiger partial charge in [0.1, 0.15) is 5.82 Å². The van der Waals surface area contributed by atoms with E-state index in [2.05, 4.69) is 4.98 Å². The molecule has 1 aromatic carbocycles. The molecule has 0 saturated carbocycles. The van der Waals surface area contributed by atoms with Crippen molar-refractivity contribution >= 4 is 28.6 Å². The largest absolute Gasteiger partial charge is 0.478 e. The Morgan fingerprint density at radius 3 is 2.48 bits per heavy atom. The third kappa shape index (κ3) is 3.10. The predicted octanol–water partition coefficient (Wildman–Crippen LogP) is 1.46. The van der Waals surface area contributed by atoms with Crippen LogP contribution in [0.2, 0.25) is 0 Å².